The van der Waals surface area contributed by atoms with E-state index < -0.39 is 0 Å². The summed E-state index contributed by atoms with van der Waals surface area (Å²) in [6.45, 7) is 4.49. The van der Waals surface area contributed by atoms with Crippen LogP contribution >= 0.6 is 0 Å². The molecule has 1 N–H and O–H groups in total. The van der Waals surface area contributed by atoms with Gasteiger partial charge in [0, 0.05) is 33.6 Å². The van der Waals surface area contributed by atoms with E-state index in [1.165, 1.54) is 0 Å². The van der Waals surface area contributed by atoms with Crippen molar-refractivity contribution in [2.45, 2.75) is 13.3 Å². The Bertz CT molecular complexity index is 238. The SMILES string of the molecule is CNCCN1CCC=C(C(C)=O)N1C. The second-order valence-electron chi connectivity index (χ2n) is 3.52. The van der Waals surface area contributed by atoms with Crippen molar-refractivity contribution >= 4 is 5.78 Å². The van der Waals surface area contributed by atoms with Crippen molar-refractivity contribution in [1.82, 2.24) is 15.3 Å². The number of nitrogens with zero attached hydrogens (tertiary/aromatic N) is 2. The number of Topliss-reactive ketones (excluding diaryl/α,β-unsaturated/α-hetero) is 1. The summed E-state index contributed by atoms with van der Waals surface area (Å²) in [6.07, 6.45) is 2.97. The zero-order chi connectivity index (χ0) is 10.6. The van der Waals surface area contributed by atoms with E-state index in [0.29, 0.717) is 0 Å². The Morgan fingerprint density at radius 1 is 1.64 bits per heavy atom. The fourth-order valence-electron chi connectivity index (χ4n) is 1.66. The topological polar surface area (TPSA) is 35.6 Å². The highest BCUT2D eigenvalue weighted by Gasteiger charge is 2.19. The largest absolute Gasteiger partial charge is 0.318 e. The van der Waals surface area contributed by atoms with Gasteiger partial charge in [0.05, 0.1) is 5.70 Å². The fraction of sp³-hybridized carbons (Fsp3) is 0.700. The molecule has 0 unspecified atom stereocenters. The highest BCUT2D eigenvalue weighted by molar-refractivity contribution is 5.92. The van der Waals surface area contributed by atoms with Crippen LogP contribution in [0.5, 0.6) is 0 Å². The van der Waals surface area contributed by atoms with Crippen LogP contribution < -0.4 is 5.32 Å². The second kappa shape index (κ2) is 5.12. The minimum absolute atomic E-state index is 0.140. The first-order valence-corrected chi connectivity index (χ1v) is 5.01. The van der Waals surface area contributed by atoms with Crippen LogP contribution in [0.2, 0.25) is 0 Å². The molecule has 0 amide bonds. The number of hydrazine groups is 1. The number of carbonyl (C=O) groups is 1. The van der Waals surface area contributed by atoms with Crippen molar-refractivity contribution in [2.24, 2.45) is 0 Å². The molecule has 4 heteroatoms. The van der Waals surface area contributed by atoms with E-state index in [4.69, 9.17) is 0 Å². The maximum Gasteiger partial charge on any atom is 0.176 e. The van der Waals surface area contributed by atoms with Crippen molar-refractivity contribution in [3.63, 3.8) is 0 Å². The van der Waals surface area contributed by atoms with Gasteiger partial charge in [0.1, 0.15) is 0 Å². The van der Waals surface area contributed by atoms with Crippen molar-refractivity contribution in [3.05, 3.63) is 11.8 Å². The summed E-state index contributed by atoms with van der Waals surface area (Å²) in [5, 5.41) is 7.26. The first-order chi connectivity index (χ1) is 6.66. The summed E-state index contributed by atoms with van der Waals surface area (Å²) in [5.74, 6) is 0.140. The number of hydrogen-bond acceptors (Lipinski definition) is 4. The summed E-state index contributed by atoms with van der Waals surface area (Å²) in [4.78, 5) is 11.3. The fourth-order valence-corrected chi connectivity index (χ4v) is 1.66. The molecule has 1 rings (SSSR count). The van der Waals surface area contributed by atoms with Crippen LogP contribution in [-0.2, 0) is 4.79 Å². The minimum atomic E-state index is 0.140. The highest BCUT2D eigenvalue weighted by atomic mass is 16.1. The molecule has 1 aliphatic heterocycles. The van der Waals surface area contributed by atoms with Crippen LogP contribution in [0, 0.1) is 0 Å². The molecule has 0 aliphatic carbocycles. The van der Waals surface area contributed by atoms with Crippen LogP contribution in [-0.4, -0.2) is 49.5 Å². The van der Waals surface area contributed by atoms with Gasteiger partial charge in [0.15, 0.2) is 5.78 Å². The summed E-state index contributed by atoms with van der Waals surface area (Å²) >= 11 is 0. The van der Waals surface area contributed by atoms with E-state index in [2.05, 4.69) is 10.3 Å². The van der Waals surface area contributed by atoms with Crippen molar-refractivity contribution in [2.75, 3.05) is 33.7 Å². The summed E-state index contributed by atoms with van der Waals surface area (Å²) < 4.78 is 0. The molecule has 1 heterocycles. The molecular formula is C10H19N3O. The quantitative estimate of drug-likeness (QED) is 0.700. The normalized spacial score (nSPS) is 18.2. The molecule has 80 valence electrons. The van der Waals surface area contributed by atoms with Gasteiger partial charge in [-0.15, -0.1) is 0 Å². The molecule has 0 aromatic heterocycles. The molecule has 4 nitrogen and oxygen atoms in total. The number of allylic oxidation sites excluding steroid dienone is 1. The molecule has 0 saturated heterocycles. The first kappa shape index (κ1) is 11.2. The van der Waals surface area contributed by atoms with Gasteiger partial charge in [-0.2, -0.15) is 0 Å². The monoisotopic (exact) mass is 197 g/mol. The maximum absolute atomic E-state index is 11.3. The van der Waals surface area contributed by atoms with Crippen LogP contribution in [0.25, 0.3) is 0 Å². The zero-order valence-corrected chi connectivity index (χ0v) is 9.21. The molecule has 0 bridgehead atoms. The van der Waals surface area contributed by atoms with E-state index in [0.717, 1.165) is 31.8 Å². The van der Waals surface area contributed by atoms with Crippen molar-refractivity contribution in [3.8, 4) is 0 Å². The third-order valence-electron chi connectivity index (χ3n) is 2.48. The number of carbonyl (C=O) groups excluding carboxylic acids is 1. The van der Waals surface area contributed by atoms with Crippen LogP contribution in [0.1, 0.15) is 13.3 Å². The smallest absolute Gasteiger partial charge is 0.176 e. The predicted octanol–water partition coefficient (Wildman–Crippen LogP) is 0.231. The van der Waals surface area contributed by atoms with Crippen molar-refractivity contribution < 1.29 is 4.79 Å². The first-order valence-electron chi connectivity index (χ1n) is 5.01. The van der Waals surface area contributed by atoms with Crippen LogP contribution in [0.4, 0.5) is 0 Å². The average molecular weight is 197 g/mol. The lowest BCUT2D eigenvalue weighted by Gasteiger charge is -2.37. The maximum atomic E-state index is 11.3. The molecule has 14 heavy (non-hydrogen) atoms. The Balaban J connectivity index is 2.58. The molecule has 0 aromatic carbocycles. The van der Waals surface area contributed by atoms with Crippen LogP contribution in [0.3, 0.4) is 0 Å². The van der Waals surface area contributed by atoms with Gasteiger partial charge in [-0.05, 0) is 13.5 Å². The second-order valence-corrected chi connectivity index (χ2v) is 3.52. The van der Waals surface area contributed by atoms with Gasteiger partial charge in [-0.1, -0.05) is 6.08 Å². The summed E-state index contributed by atoms with van der Waals surface area (Å²) in [6, 6.07) is 0. The van der Waals surface area contributed by atoms with E-state index >= 15 is 0 Å². The molecule has 0 aromatic rings. The number of nitrogens with one attached hydrogen (secondary N) is 1. The third kappa shape index (κ3) is 2.56. The Kier molecular flexibility index (Phi) is 4.10. The molecule has 0 radical (unpaired) electrons. The Labute approximate surface area is 85.5 Å². The van der Waals surface area contributed by atoms with Gasteiger partial charge >= 0.3 is 0 Å². The van der Waals surface area contributed by atoms with E-state index in [1.807, 2.05) is 25.2 Å². The Morgan fingerprint density at radius 2 is 2.36 bits per heavy atom. The molecule has 0 saturated carbocycles. The molecule has 1 aliphatic rings. The zero-order valence-electron chi connectivity index (χ0n) is 9.21. The number of hydrogen-bond donors (Lipinski definition) is 1. The molecule has 0 fully saturated rings. The van der Waals surface area contributed by atoms with Gasteiger partial charge < -0.3 is 10.3 Å². The minimum Gasteiger partial charge on any atom is -0.318 e. The lowest BCUT2D eigenvalue weighted by molar-refractivity contribution is -0.117. The van der Waals surface area contributed by atoms with Crippen LogP contribution in [0.15, 0.2) is 11.8 Å². The third-order valence-corrected chi connectivity index (χ3v) is 2.48. The van der Waals surface area contributed by atoms with Gasteiger partial charge in [0.25, 0.3) is 0 Å². The molecule has 0 spiro atoms. The van der Waals surface area contributed by atoms with Gasteiger partial charge in [0.2, 0.25) is 0 Å². The molecular weight excluding hydrogens is 178 g/mol. The highest BCUT2D eigenvalue weighted by Crippen LogP contribution is 2.14. The lowest BCUT2D eigenvalue weighted by Crippen LogP contribution is -2.46. The summed E-state index contributed by atoms with van der Waals surface area (Å²) in [7, 11) is 3.88. The lowest BCUT2D eigenvalue weighted by atomic mass is 10.2. The number of likely N-dealkylation sites (N-methyl/N-ethyl adjacent to an activating group) is 2. The number of rotatable bonds is 4. The molecule has 0 atom stereocenters. The van der Waals surface area contributed by atoms with Gasteiger partial charge in [-0.25, -0.2) is 5.01 Å². The van der Waals surface area contributed by atoms with E-state index in [-0.39, 0.29) is 5.78 Å². The summed E-state index contributed by atoms with van der Waals surface area (Å²) in [5.41, 5.74) is 0.812. The number of ketones is 1. The standard InChI is InChI=1S/C10H19N3O/c1-9(14)10-5-4-7-13(12(10)3)8-6-11-2/h5,11H,4,6-8H2,1-3H3. The van der Waals surface area contributed by atoms with Gasteiger partial charge in [-0.3, -0.25) is 4.79 Å². The van der Waals surface area contributed by atoms with E-state index in [9.17, 15) is 4.79 Å². The predicted molar refractivity (Wildman–Crippen MR) is 56.6 cm³/mol. The average Bonchev–Trinajstić information content (AvgIpc) is 2.16. The van der Waals surface area contributed by atoms with E-state index in [1.54, 1.807) is 6.92 Å². The Hall–Kier alpha value is -0.870. The Morgan fingerprint density at radius 3 is 2.93 bits per heavy atom. The van der Waals surface area contributed by atoms with Crippen molar-refractivity contribution in [1.29, 1.82) is 0 Å².